The van der Waals surface area contributed by atoms with E-state index in [2.05, 4.69) is 35.7 Å². The van der Waals surface area contributed by atoms with Gasteiger partial charge in [0.1, 0.15) is 5.75 Å². The average molecular weight is 532 g/mol. The summed E-state index contributed by atoms with van der Waals surface area (Å²) in [6.45, 7) is 17.1. The molecule has 4 rings (SSSR count). The van der Waals surface area contributed by atoms with Crippen molar-refractivity contribution >= 4 is 11.4 Å². The Hall–Kier alpha value is -2.80. The second-order valence-electron chi connectivity index (χ2n) is 10.7. The van der Waals surface area contributed by atoms with Crippen LogP contribution in [0, 0.1) is 13.5 Å². The third-order valence-electron chi connectivity index (χ3n) is 7.43. The molecule has 2 saturated heterocycles. The first kappa shape index (κ1) is 28.2. The Morgan fingerprint density at radius 1 is 1.11 bits per heavy atom. The minimum absolute atomic E-state index is 0.225. The van der Waals surface area contributed by atoms with Crippen molar-refractivity contribution in [3.8, 4) is 5.75 Å². The summed E-state index contributed by atoms with van der Waals surface area (Å²) in [5.41, 5.74) is 0.425. The maximum atomic E-state index is 13.3. The van der Waals surface area contributed by atoms with Crippen LogP contribution in [-0.2, 0) is 17.5 Å². The van der Waals surface area contributed by atoms with Crippen LogP contribution in [0.4, 0.5) is 24.5 Å². The number of rotatable bonds is 7. The van der Waals surface area contributed by atoms with Crippen LogP contribution in [0.1, 0.15) is 49.8 Å². The molecular weight excluding hydrogens is 495 g/mol. The van der Waals surface area contributed by atoms with Gasteiger partial charge >= 0.3 is 6.18 Å². The highest BCUT2D eigenvalue weighted by Gasteiger charge is 2.36. The Morgan fingerprint density at radius 3 is 2.39 bits per heavy atom. The fourth-order valence-electron chi connectivity index (χ4n) is 5.47. The van der Waals surface area contributed by atoms with E-state index in [0.29, 0.717) is 44.6 Å². The molecule has 0 unspecified atom stereocenters. The second kappa shape index (κ2) is 11.5. The zero-order valence-electron chi connectivity index (χ0n) is 22.2. The maximum Gasteiger partial charge on any atom is 0.407 e. The average Bonchev–Trinajstić information content (AvgIpc) is 2.84. The number of alkyl halides is 3. The lowest BCUT2D eigenvalue weighted by atomic mass is 9.88. The highest BCUT2D eigenvalue weighted by Crippen LogP contribution is 2.39. The van der Waals surface area contributed by atoms with Crippen LogP contribution in [0.3, 0.4) is 0 Å². The third kappa shape index (κ3) is 6.99. The quantitative estimate of drug-likeness (QED) is 0.446. The first-order valence-corrected chi connectivity index (χ1v) is 13.1. The van der Waals surface area contributed by atoms with Crippen LogP contribution in [0.2, 0.25) is 0 Å². The molecule has 0 radical (unpaired) electrons. The summed E-state index contributed by atoms with van der Waals surface area (Å²) in [6.07, 6.45) is -2.84. The van der Waals surface area contributed by atoms with E-state index in [1.165, 1.54) is 11.6 Å². The molecule has 1 N–H and O–H groups in total. The summed E-state index contributed by atoms with van der Waals surface area (Å²) >= 11 is 0. The van der Waals surface area contributed by atoms with Crippen LogP contribution >= 0.6 is 0 Å². The van der Waals surface area contributed by atoms with Gasteiger partial charge in [-0.3, -0.25) is 4.90 Å². The number of halogens is 3. The molecule has 2 aliphatic rings. The first-order valence-electron chi connectivity index (χ1n) is 13.1. The standard InChI is InChI=1S/C29H36F3N3O3/c1-20-15-23(19-34-17-21(2)38-22(3)18-34)5-8-27(20)37-14-11-28(36)9-12-35(13-10-28)24-6-7-26(33-4)25(16-24)29(30,31)32/h5-8,15-16,21-22,36H,9-14,17-19H2,1-3H3/t21-,22-/m1/s1. The molecule has 0 amide bonds. The number of hydrogen-bond donors (Lipinski definition) is 1. The molecule has 0 spiro atoms. The molecular formula is C29H36F3N3O3. The number of anilines is 1. The molecule has 0 aliphatic carbocycles. The molecule has 2 aromatic rings. The SMILES string of the molecule is [C-]#[N+]c1ccc(N2CCC(O)(CCOc3ccc(CN4C[C@@H](C)O[C@H](C)C4)cc3C)CC2)cc1C(F)(F)F. The Morgan fingerprint density at radius 2 is 1.79 bits per heavy atom. The molecule has 0 bridgehead atoms. The normalized spacial score (nSPS) is 22.2. The number of morpholine rings is 1. The van der Waals surface area contributed by atoms with Gasteiger partial charge in [-0.05, 0) is 62.9 Å². The predicted molar refractivity (Wildman–Crippen MR) is 141 cm³/mol. The Kier molecular flexibility index (Phi) is 8.55. The van der Waals surface area contributed by atoms with Crippen molar-refractivity contribution in [2.45, 2.75) is 70.6 Å². The number of aryl methyl sites for hydroxylation is 1. The fourth-order valence-corrected chi connectivity index (χ4v) is 5.47. The number of piperidine rings is 1. The lowest BCUT2D eigenvalue weighted by molar-refractivity contribution is -0.136. The van der Waals surface area contributed by atoms with Crippen LogP contribution in [0.25, 0.3) is 4.85 Å². The van der Waals surface area contributed by atoms with Crippen molar-refractivity contribution in [2.24, 2.45) is 0 Å². The van der Waals surface area contributed by atoms with Crippen molar-refractivity contribution in [1.82, 2.24) is 4.90 Å². The number of aliphatic hydroxyl groups is 1. The van der Waals surface area contributed by atoms with E-state index in [4.69, 9.17) is 16.0 Å². The van der Waals surface area contributed by atoms with Gasteiger partial charge < -0.3 is 19.5 Å². The minimum Gasteiger partial charge on any atom is -0.493 e. The second-order valence-corrected chi connectivity index (χ2v) is 10.7. The van der Waals surface area contributed by atoms with E-state index in [-0.39, 0.29) is 12.2 Å². The zero-order valence-corrected chi connectivity index (χ0v) is 22.2. The minimum atomic E-state index is -4.58. The number of nitrogens with zero attached hydrogens (tertiary/aromatic N) is 3. The summed E-state index contributed by atoms with van der Waals surface area (Å²) in [4.78, 5) is 7.23. The van der Waals surface area contributed by atoms with Crippen LogP contribution < -0.4 is 9.64 Å². The summed E-state index contributed by atoms with van der Waals surface area (Å²) < 4.78 is 51.9. The van der Waals surface area contributed by atoms with Gasteiger partial charge in [0.25, 0.3) is 0 Å². The first-order chi connectivity index (χ1) is 18.0. The van der Waals surface area contributed by atoms with E-state index < -0.39 is 23.0 Å². The Labute approximate surface area is 222 Å². The highest BCUT2D eigenvalue weighted by molar-refractivity contribution is 5.62. The van der Waals surface area contributed by atoms with E-state index in [0.717, 1.165) is 37.0 Å². The van der Waals surface area contributed by atoms with Gasteiger partial charge in [0.05, 0.1) is 36.6 Å². The van der Waals surface area contributed by atoms with Crippen LogP contribution in [0.5, 0.6) is 5.75 Å². The van der Waals surface area contributed by atoms with Gasteiger partial charge in [-0.15, -0.1) is 0 Å². The Balaban J connectivity index is 1.28. The largest absolute Gasteiger partial charge is 0.493 e. The maximum absolute atomic E-state index is 13.3. The fraction of sp³-hybridized carbons (Fsp3) is 0.552. The molecule has 2 aliphatic heterocycles. The highest BCUT2D eigenvalue weighted by atomic mass is 19.4. The topological polar surface area (TPSA) is 49.5 Å². The summed E-state index contributed by atoms with van der Waals surface area (Å²) in [7, 11) is 0. The lowest BCUT2D eigenvalue weighted by Crippen LogP contribution is -2.45. The van der Waals surface area contributed by atoms with Gasteiger partial charge in [-0.1, -0.05) is 18.2 Å². The molecule has 2 aromatic carbocycles. The number of hydrogen-bond acceptors (Lipinski definition) is 5. The van der Waals surface area contributed by atoms with Gasteiger partial charge in [0.15, 0.2) is 5.69 Å². The van der Waals surface area contributed by atoms with Gasteiger partial charge in [0, 0.05) is 44.8 Å². The summed E-state index contributed by atoms with van der Waals surface area (Å²) in [5.74, 6) is 0.790. The smallest absolute Gasteiger partial charge is 0.407 e. The molecule has 206 valence electrons. The Bertz CT molecular complexity index is 1150. The van der Waals surface area contributed by atoms with Crippen molar-refractivity contribution in [3.05, 3.63) is 64.5 Å². The predicted octanol–water partition coefficient (Wildman–Crippen LogP) is 5.97. The molecule has 2 fully saturated rings. The number of benzene rings is 2. The molecule has 0 saturated carbocycles. The monoisotopic (exact) mass is 531 g/mol. The van der Waals surface area contributed by atoms with Gasteiger partial charge in [-0.2, -0.15) is 13.2 Å². The van der Waals surface area contributed by atoms with Crippen molar-refractivity contribution in [2.75, 3.05) is 37.7 Å². The van der Waals surface area contributed by atoms with Crippen molar-refractivity contribution in [3.63, 3.8) is 0 Å². The van der Waals surface area contributed by atoms with E-state index in [9.17, 15) is 18.3 Å². The molecule has 38 heavy (non-hydrogen) atoms. The van der Waals surface area contributed by atoms with Gasteiger partial charge in [-0.25, -0.2) is 4.85 Å². The lowest BCUT2D eigenvalue weighted by Gasteiger charge is -2.39. The molecule has 2 heterocycles. The summed E-state index contributed by atoms with van der Waals surface area (Å²) in [5, 5.41) is 11.1. The van der Waals surface area contributed by atoms with E-state index in [1.54, 1.807) is 6.07 Å². The van der Waals surface area contributed by atoms with E-state index in [1.807, 2.05) is 17.9 Å². The molecule has 9 heteroatoms. The zero-order chi connectivity index (χ0) is 27.5. The molecule has 2 atom stereocenters. The molecule has 6 nitrogen and oxygen atoms in total. The summed E-state index contributed by atoms with van der Waals surface area (Å²) in [6, 6.07) is 10.00. The van der Waals surface area contributed by atoms with E-state index >= 15 is 0 Å². The van der Waals surface area contributed by atoms with Crippen LogP contribution in [0.15, 0.2) is 36.4 Å². The third-order valence-corrected chi connectivity index (χ3v) is 7.43. The number of ether oxygens (including phenoxy) is 2. The van der Waals surface area contributed by atoms with Crippen molar-refractivity contribution < 1.29 is 27.8 Å². The van der Waals surface area contributed by atoms with Crippen LogP contribution in [-0.4, -0.2) is 60.6 Å². The van der Waals surface area contributed by atoms with Crippen molar-refractivity contribution in [1.29, 1.82) is 0 Å². The molecule has 0 aromatic heterocycles. The van der Waals surface area contributed by atoms with Gasteiger partial charge in [0.2, 0.25) is 0 Å².